The van der Waals surface area contributed by atoms with Gasteiger partial charge in [0.1, 0.15) is 5.00 Å². The number of halogens is 1. The molecule has 9 heteroatoms. The third-order valence-corrected chi connectivity index (χ3v) is 5.82. The van der Waals surface area contributed by atoms with Crippen molar-refractivity contribution >= 4 is 45.6 Å². The van der Waals surface area contributed by atoms with E-state index in [1.54, 1.807) is 18.4 Å². The molecule has 2 aromatic rings. The summed E-state index contributed by atoms with van der Waals surface area (Å²) in [5.74, 6) is -0.430. The molecule has 0 atom stereocenters. The van der Waals surface area contributed by atoms with Crippen molar-refractivity contribution < 1.29 is 14.3 Å². The quantitative estimate of drug-likeness (QED) is 0.649. The molecule has 2 heterocycles. The minimum atomic E-state index is -0.430. The summed E-state index contributed by atoms with van der Waals surface area (Å²) in [7, 11) is 0. The lowest BCUT2D eigenvalue weighted by molar-refractivity contribution is 0.0528. The van der Waals surface area contributed by atoms with Crippen LogP contribution in [0.4, 0.5) is 15.5 Å². The van der Waals surface area contributed by atoms with Gasteiger partial charge in [-0.1, -0.05) is 23.7 Å². The van der Waals surface area contributed by atoms with E-state index in [0.717, 1.165) is 43.4 Å². The molecule has 0 spiro atoms. The molecule has 1 aromatic carbocycles. The Hall–Kier alpha value is -2.29. The van der Waals surface area contributed by atoms with Gasteiger partial charge in [0.25, 0.3) is 0 Å². The number of para-hydroxylation sites is 1. The van der Waals surface area contributed by atoms with Crippen LogP contribution < -0.4 is 15.5 Å². The first-order chi connectivity index (χ1) is 14.1. The zero-order valence-electron chi connectivity index (χ0n) is 16.3. The maximum Gasteiger partial charge on any atom is 0.341 e. The molecule has 156 valence electrons. The van der Waals surface area contributed by atoms with Crippen molar-refractivity contribution in [1.29, 1.82) is 0 Å². The van der Waals surface area contributed by atoms with Crippen molar-refractivity contribution in [2.24, 2.45) is 0 Å². The molecule has 3 rings (SSSR count). The molecule has 1 fully saturated rings. The van der Waals surface area contributed by atoms with Gasteiger partial charge in [-0.2, -0.15) is 0 Å². The first-order valence-corrected chi connectivity index (χ1v) is 10.9. The summed E-state index contributed by atoms with van der Waals surface area (Å²) in [5.41, 5.74) is 1.45. The molecule has 0 aliphatic carbocycles. The molecule has 1 aromatic heterocycles. The van der Waals surface area contributed by atoms with Gasteiger partial charge in [0.05, 0.1) is 22.9 Å². The summed E-state index contributed by atoms with van der Waals surface area (Å²) in [5, 5.41) is 8.59. The van der Waals surface area contributed by atoms with Crippen LogP contribution in [0.15, 0.2) is 35.7 Å². The molecule has 2 N–H and O–H groups in total. The number of anilines is 2. The van der Waals surface area contributed by atoms with E-state index in [2.05, 4.69) is 20.4 Å². The van der Waals surface area contributed by atoms with Crippen molar-refractivity contribution in [3.05, 3.63) is 46.3 Å². The summed E-state index contributed by atoms with van der Waals surface area (Å²) >= 11 is 7.57. The van der Waals surface area contributed by atoms with E-state index < -0.39 is 5.97 Å². The molecule has 0 saturated carbocycles. The van der Waals surface area contributed by atoms with Gasteiger partial charge < -0.3 is 15.0 Å². The molecule has 2 amide bonds. The average Bonchev–Trinajstić information content (AvgIpc) is 3.17. The summed E-state index contributed by atoms with van der Waals surface area (Å²) in [6.45, 7) is 6.94. The first kappa shape index (κ1) is 21.4. The highest BCUT2D eigenvalue weighted by Gasteiger charge is 2.19. The number of urea groups is 1. The third kappa shape index (κ3) is 5.85. The van der Waals surface area contributed by atoms with Gasteiger partial charge in [0.15, 0.2) is 0 Å². The van der Waals surface area contributed by atoms with Crippen LogP contribution in [0, 0.1) is 0 Å². The van der Waals surface area contributed by atoms with Crippen molar-refractivity contribution in [2.75, 3.05) is 56.1 Å². The standard InChI is InChI=1S/C20H25ClN4O3S/c1-2-28-19(26)15-7-14-29-18(15)23-20(27)22-8-9-24-10-12-25(13-11-24)17-6-4-3-5-16(17)21/h3-7,14H,2,8-13H2,1H3,(H2,22,23,27). The summed E-state index contributed by atoms with van der Waals surface area (Å²) in [6.07, 6.45) is 0. The second-order valence-corrected chi connectivity index (χ2v) is 7.87. The Morgan fingerprint density at radius 2 is 1.93 bits per heavy atom. The zero-order chi connectivity index (χ0) is 20.6. The number of hydrogen-bond donors (Lipinski definition) is 2. The highest BCUT2D eigenvalue weighted by atomic mass is 35.5. The number of nitrogens with one attached hydrogen (secondary N) is 2. The van der Waals surface area contributed by atoms with Gasteiger partial charge in [-0.3, -0.25) is 10.2 Å². The number of amides is 2. The predicted octanol–water partition coefficient (Wildman–Crippen LogP) is 3.52. The summed E-state index contributed by atoms with van der Waals surface area (Å²) in [6, 6.07) is 9.21. The Morgan fingerprint density at radius 3 is 2.66 bits per heavy atom. The SMILES string of the molecule is CCOC(=O)c1ccsc1NC(=O)NCCN1CCN(c2ccccc2Cl)CC1. The van der Waals surface area contributed by atoms with Crippen molar-refractivity contribution in [3.63, 3.8) is 0 Å². The number of carbonyl (C=O) groups is 2. The Labute approximate surface area is 179 Å². The van der Waals surface area contributed by atoms with Crippen molar-refractivity contribution in [1.82, 2.24) is 10.2 Å². The average molecular weight is 437 g/mol. The van der Waals surface area contributed by atoms with E-state index in [0.29, 0.717) is 23.7 Å². The fourth-order valence-electron chi connectivity index (χ4n) is 3.17. The van der Waals surface area contributed by atoms with E-state index in [4.69, 9.17) is 16.3 Å². The maximum atomic E-state index is 12.2. The Morgan fingerprint density at radius 1 is 1.17 bits per heavy atom. The summed E-state index contributed by atoms with van der Waals surface area (Å²) < 4.78 is 4.99. The van der Waals surface area contributed by atoms with E-state index in [9.17, 15) is 9.59 Å². The van der Waals surface area contributed by atoms with Crippen LogP contribution in [-0.4, -0.2) is 62.8 Å². The fraction of sp³-hybridized carbons (Fsp3) is 0.400. The van der Waals surface area contributed by atoms with Crippen LogP contribution in [0.1, 0.15) is 17.3 Å². The highest BCUT2D eigenvalue weighted by Crippen LogP contribution is 2.26. The largest absolute Gasteiger partial charge is 0.462 e. The molecule has 1 aliphatic heterocycles. The first-order valence-electron chi connectivity index (χ1n) is 9.59. The van der Waals surface area contributed by atoms with Crippen LogP contribution >= 0.6 is 22.9 Å². The number of carbonyl (C=O) groups excluding carboxylic acids is 2. The maximum absolute atomic E-state index is 12.2. The molecule has 1 saturated heterocycles. The number of rotatable bonds is 7. The van der Waals surface area contributed by atoms with Crippen LogP contribution in [0.25, 0.3) is 0 Å². The van der Waals surface area contributed by atoms with Crippen molar-refractivity contribution in [2.45, 2.75) is 6.92 Å². The fourth-order valence-corrected chi connectivity index (χ4v) is 4.20. The number of esters is 1. The molecule has 7 nitrogen and oxygen atoms in total. The second kappa shape index (κ2) is 10.5. The molecule has 29 heavy (non-hydrogen) atoms. The van der Waals surface area contributed by atoms with E-state index in [1.165, 1.54) is 11.3 Å². The Balaban J connectivity index is 1.39. The number of thiophene rings is 1. The van der Waals surface area contributed by atoms with E-state index in [1.807, 2.05) is 24.3 Å². The molecule has 0 radical (unpaired) electrons. The molecule has 1 aliphatic rings. The second-order valence-electron chi connectivity index (χ2n) is 6.54. The smallest absolute Gasteiger partial charge is 0.341 e. The molecule has 0 unspecified atom stereocenters. The van der Waals surface area contributed by atoms with Crippen LogP contribution in [0.3, 0.4) is 0 Å². The van der Waals surface area contributed by atoms with Gasteiger partial charge in [-0.15, -0.1) is 11.3 Å². The van der Waals surface area contributed by atoms with Gasteiger partial charge >= 0.3 is 12.0 Å². The lowest BCUT2D eigenvalue weighted by Gasteiger charge is -2.36. The van der Waals surface area contributed by atoms with Crippen LogP contribution in [0.5, 0.6) is 0 Å². The zero-order valence-corrected chi connectivity index (χ0v) is 17.9. The van der Waals surface area contributed by atoms with Crippen LogP contribution in [-0.2, 0) is 4.74 Å². The molecule has 0 bridgehead atoms. The third-order valence-electron chi connectivity index (χ3n) is 4.67. The summed E-state index contributed by atoms with van der Waals surface area (Å²) in [4.78, 5) is 28.6. The van der Waals surface area contributed by atoms with Gasteiger partial charge in [0, 0.05) is 39.3 Å². The number of hydrogen-bond acceptors (Lipinski definition) is 6. The highest BCUT2D eigenvalue weighted by molar-refractivity contribution is 7.14. The lowest BCUT2D eigenvalue weighted by Crippen LogP contribution is -2.48. The molecular formula is C20H25ClN4O3S. The number of nitrogens with zero attached hydrogens (tertiary/aromatic N) is 2. The number of benzene rings is 1. The Kier molecular flexibility index (Phi) is 7.74. The molecular weight excluding hydrogens is 412 g/mol. The minimum absolute atomic E-state index is 0.296. The lowest BCUT2D eigenvalue weighted by atomic mass is 10.2. The van der Waals surface area contributed by atoms with Gasteiger partial charge in [-0.05, 0) is 30.5 Å². The topological polar surface area (TPSA) is 73.9 Å². The monoisotopic (exact) mass is 436 g/mol. The van der Waals surface area contributed by atoms with Gasteiger partial charge in [0.2, 0.25) is 0 Å². The van der Waals surface area contributed by atoms with Crippen molar-refractivity contribution in [3.8, 4) is 0 Å². The predicted molar refractivity (Wildman–Crippen MR) is 117 cm³/mol. The Bertz CT molecular complexity index is 837. The van der Waals surface area contributed by atoms with E-state index in [-0.39, 0.29) is 6.03 Å². The normalized spacial score (nSPS) is 14.5. The minimum Gasteiger partial charge on any atom is -0.462 e. The number of piperazine rings is 1. The van der Waals surface area contributed by atoms with E-state index >= 15 is 0 Å². The van der Waals surface area contributed by atoms with Gasteiger partial charge in [-0.25, -0.2) is 9.59 Å². The number of ether oxygens (including phenoxy) is 1. The van der Waals surface area contributed by atoms with Crippen LogP contribution in [0.2, 0.25) is 5.02 Å².